The fraction of sp³-hybridized carbons (Fsp3) is 0.636. The second-order valence-electron chi connectivity index (χ2n) is 4.85. The zero-order valence-electron chi connectivity index (χ0n) is 11.4. The van der Waals surface area contributed by atoms with Gasteiger partial charge in [0.15, 0.2) is 5.65 Å². The molecule has 0 amide bonds. The summed E-state index contributed by atoms with van der Waals surface area (Å²) in [4.78, 5) is 4.46. The van der Waals surface area contributed by atoms with E-state index in [0.717, 1.165) is 16.9 Å². The molecular formula is C11H17ClN4O2S. The van der Waals surface area contributed by atoms with Crippen LogP contribution in [0.15, 0.2) is 0 Å². The standard InChI is InChI=1S/C11H17ClN4O2S/c1-7(6-19(4,17)18)16-9(5-12)13-10-8(2)14-15(3)11(10)16/h7H,5-6H2,1-4H3. The first-order chi connectivity index (χ1) is 8.74. The van der Waals surface area contributed by atoms with E-state index in [4.69, 9.17) is 11.6 Å². The van der Waals surface area contributed by atoms with E-state index in [2.05, 4.69) is 10.1 Å². The molecule has 0 radical (unpaired) electrons. The van der Waals surface area contributed by atoms with Gasteiger partial charge in [0.2, 0.25) is 0 Å². The van der Waals surface area contributed by atoms with Crippen LogP contribution in [0.2, 0.25) is 0 Å². The van der Waals surface area contributed by atoms with Crippen molar-refractivity contribution in [3.05, 3.63) is 11.5 Å². The van der Waals surface area contributed by atoms with Crippen LogP contribution in [0.25, 0.3) is 11.2 Å². The SMILES string of the molecule is Cc1nn(C)c2c1nc(CCl)n2C(C)CS(C)(=O)=O. The van der Waals surface area contributed by atoms with Crippen molar-refractivity contribution in [3.63, 3.8) is 0 Å². The summed E-state index contributed by atoms with van der Waals surface area (Å²) in [5.74, 6) is 0.957. The van der Waals surface area contributed by atoms with E-state index < -0.39 is 9.84 Å². The first kappa shape index (κ1) is 14.3. The summed E-state index contributed by atoms with van der Waals surface area (Å²) >= 11 is 5.92. The van der Waals surface area contributed by atoms with Crippen LogP contribution < -0.4 is 0 Å². The van der Waals surface area contributed by atoms with Gasteiger partial charge >= 0.3 is 0 Å². The summed E-state index contributed by atoms with van der Waals surface area (Å²) in [5, 5.41) is 4.31. The third-order valence-electron chi connectivity index (χ3n) is 3.01. The molecule has 1 unspecified atom stereocenters. The lowest BCUT2D eigenvalue weighted by molar-refractivity contribution is 0.551. The van der Waals surface area contributed by atoms with Gasteiger partial charge in [-0.1, -0.05) is 0 Å². The van der Waals surface area contributed by atoms with Crippen molar-refractivity contribution in [2.75, 3.05) is 12.0 Å². The van der Waals surface area contributed by atoms with Crippen molar-refractivity contribution in [1.29, 1.82) is 0 Å². The number of hydrogen-bond donors (Lipinski definition) is 0. The molecule has 8 heteroatoms. The smallest absolute Gasteiger partial charge is 0.158 e. The molecule has 0 saturated carbocycles. The molecule has 0 aromatic carbocycles. The Bertz CT molecular complexity index is 717. The second-order valence-corrected chi connectivity index (χ2v) is 7.31. The van der Waals surface area contributed by atoms with Crippen LogP contribution in [-0.2, 0) is 22.8 Å². The first-order valence-electron chi connectivity index (χ1n) is 5.88. The van der Waals surface area contributed by atoms with E-state index in [1.807, 2.05) is 25.5 Å². The van der Waals surface area contributed by atoms with Crippen molar-refractivity contribution >= 4 is 32.6 Å². The number of aromatic nitrogens is 4. The molecule has 0 N–H and O–H groups in total. The summed E-state index contributed by atoms with van der Waals surface area (Å²) < 4.78 is 26.5. The summed E-state index contributed by atoms with van der Waals surface area (Å²) in [6.45, 7) is 3.72. The lowest BCUT2D eigenvalue weighted by Crippen LogP contribution is -2.19. The van der Waals surface area contributed by atoms with E-state index in [1.165, 1.54) is 6.26 Å². The molecule has 106 valence electrons. The largest absolute Gasteiger partial charge is 0.308 e. The number of fused-ring (bicyclic) bond motifs is 1. The van der Waals surface area contributed by atoms with Crippen molar-refractivity contribution in [2.45, 2.75) is 25.8 Å². The lowest BCUT2D eigenvalue weighted by Gasteiger charge is -2.16. The predicted octanol–water partition coefficient (Wildman–Crippen LogP) is 1.42. The van der Waals surface area contributed by atoms with Crippen LogP contribution in [-0.4, -0.2) is 39.8 Å². The molecule has 0 saturated heterocycles. The number of imidazole rings is 1. The highest BCUT2D eigenvalue weighted by atomic mass is 35.5. The van der Waals surface area contributed by atoms with Gasteiger partial charge in [0.05, 0.1) is 17.3 Å². The Morgan fingerprint density at radius 1 is 1.42 bits per heavy atom. The van der Waals surface area contributed by atoms with Crippen molar-refractivity contribution < 1.29 is 8.42 Å². The molecule has 2 heterocycles. The maximum Gasteiger partial charge on any atom is 0.158 e. The van der Waals surface area contributed by atoms with Crippen molar-refractivity contribution in [2.24, 2.45) is 7.05 Å². The van der Waals surface area contributed by atoms with Gasteiger partial charge in [0.25, 0.3) is 0 Å². The van der Waals surface area contributed by atoms with E-state index in [1.54, 1.807) is 4.68 Å². The molecule has 0 aliphatic heterocycles. The van der Waals surface area contributed by atoms with Crippen LogP contribution in [0.1, 0.15) is 24.5 Å². The summed E-state index contributed by atoms with van der Waals surface area (Å²) in [5.41, 5.74) is 2.40. The molecule has 1 atom stereocenters. The number of aryl methyl sites for hydroxylation is 2. The lowest BCUT2D eigenvalue weighted by atomic mass is 10.3. The highest BCUT2D eigenvalue weighted by molar-refractivity contribution is 7.90. The number of rotatable bonds is 4. The van der Waals surface area contributed by atoms with Crippen LogP contribution in [0, 0.1) is 6.92 Å². The van der Waals surface area contributed by atoms with Gasteiger partial charge < -0.3 is 4.57 Å². The second kappa shape index (κ2) is 4.79. The summed E-state index contributed by atoms with van der Waals surface area (Å²) in [6, 6.07) is -0.233. The van der Waals surface area contributed by atoms with Crippen LogP contribution in [0.5, 0.6) is 0 Å². The number of hydrogen-bond acceptors (Lipinski definition) is 4. The molecule has 0 aliphatic carbocycles. The maximum absolute atomic E-state index is 11.5. The fourth-order valence-electron chi connectivity index (χ4n) is 2.41. The van der Waals surface area contributed by atoms with Crippen LogP contribution >= 0.6 is 11.6 Å². The molecule has 2 aromatic rings. The van der Waals surface area contributed by atoms with Gasteiger partial charge in [0.1, 0.15) is 21.2 Å². The van der Waals surface area contributed by atoms with Crippen molar-refractivity contribution in [3.8, 4) is 0 Å². The average molecular weight is 305 g/mol. The first-order valence-corrected chi connectivity index (χ1v) is 8.48. The number of halogens is 1. The number of alkyl halides is 1. The highest BCUT2D eigenvalue weighted by Crippen LogP contribution is 2.24. The van der Waals surface area contributed by atoms with E-state index in [-0.39, 0.29) is 17.7 Å². The molecule has 0 aliphatic rings. The topological polar surface area (TPSA) is 69.8 Å². The number of nitrogens with zero attached hydrogens (tertiary/aromatic N) is 4. The normalized spacial score (nSPS) is 14.2. The fourth-order valence-corrected chi connectivity index (χ4v) is 3.62. The minimum Gasteiger partial charge on any atom is -0.308 e. The molecule has 0 spiro atoms. The molecule has 19 heavy (non-hydrogen) atoms. The van der Waals surface area contributed by atoms with E-state index in [9.17, 15) is 8.42 Å². The molecule has 0 fully saturated rings. The van der Waals surface area contributed by atoms with Crippen LogP contribution in [0.4, 0.5) is 0 Å². The van der Waals surface area contributed by atoms with E-state index in [0.29, 0.717) is 5.82 Å². The Hall–Kier alpha value is -1.08. The van der Waals surface area contributed by atoms with Gasteiger partial charge in [-0.15, -0.1) is 11.6 Å². The molecule has 2 aromatic heterocycles. The minimum absolute atomic E-state index is 0.0482. The molecular weight excluding hydrogens is 288 g/mol. The molecule has 2 rings (SSSR count). The minimum atomic E-state index is -3.07. The van der Waals surface area contributed by atoms with Crippen molar-refractivity contribution in [1.82, 2.24) is 19.3 Å². The Morgan fingerprint density at radius 3 is 2.58 bits per heavy atom. The zero-order chi connectivity index (χ0) is 14.4. The Kier molecular flexibility index (Phi) is 3.61. The van der Waals surface area contributed by atoms with Crippen LogP contribution in [0.3, 0.4) is 0 Å². The van der Waals surface area contributed by atoms with E-state index >= 15 is 0 Å². The Morgan fingerprint density at radius 2 is 2.05 bits per heavy atom. The third-order valence-corrected chi connectivity index (χ3v) is 4.34. The van der Waals surface area contributed by atoms with Gasteiger partial charge in [-0.25, -0.2) is 13.4 Å². The Labute approximate surface area is 117 Å². The zero-order valence-corrected chi connectivity index (χ0v) is 13.0. The number of sulfone groups is 1. The average Bonchev–Trinajstić information content (AvgIpc) is 2.75. The molecule has 6 nitrogen and oxygen atoms in total. The maximum atomic E-state index is 11.5. The quantitative estimate of drug-likeness (QED) is 0.801. The predicted molar refractivity (Wildman–Crippen MR) is 75.2 cm³/mol. The monoisotopic (exact) mass is 304 g/mol. The van der Waals surface area contributed by atoms with Gasteiger partial charge in [-0.05, 0) is 13.8 Å². The van der Waals surface area contributed by atoms with Gasteiger partial charge in [-0.3, -0.25) is 4.68 Å². The highest BCUT2D eigenvalue weighted by Gasteiger charge is 2.22. The summed E-state index contributed by atoms with van der Waals surface area (Å²) in [7, 11) is -1.25. The third kappa shape index (κ3) is 2.62. The van der Waals surface area contributed by atoms with Gasteiger partial charge in [-0.2, -0.15) is 5.10 Å². The Balaban J connectivity index is 2.63. The van der Waals surface area contributed by atoms with Gasteiger partial charge in [0, 0.05) is 19.3 Å². The summed E-state index contributed by atoms with van der Waals surface area (Å²) in [6.07, 6.45) is 1.23. The molecule has 0 bridgehead atoms.